The van der Waals surface area contributed by atoms with Gasteiger partial charge in [-0.25, -0.2) is 23.1 Å². The number of pyridine rings is 1. The highest BCUT2D eigenvalue weighted by Crippen LogP contribution is 2.33. The SMILES string of the molecule is Cc1cc(C(CCOCCOCCOCCOc2ccc(-c3cnc4[nH]cc(C(=O)c5c(F)ccc(NS(=O)(=O)N6CC[C@@H](F)C6)c5F)c4c3)cc2)C(=O)N2C[C@H](O)C[C@H]2C(=O)NC(C)c2ccc(-c3scnc3C)cc2)on1. The van der Waals surface area contributed by atoms with Gasteiger partial charge in [-0.3, -0.25) is 19.1 Å². The first-order valence-electron chi connectivity index (χ1n) is 25.7. The molecule has 4 aromatic heterocycles. The van der Waals surface area contributed by atoms with Gasteiger partial charge in [0.1, 0.15) is 47.7 Å². The second kappa shape index (κ2) is 25.4. The van der Waals surface area contributed by atoms with Crippen molar-refractivity contribution >= 4 is 55.9 Å². The molecule has 0 saturated carbocycles. The molecule has 2 aliphatic heterocycles. The number of carbonyl (C=O) groups is 3. The van der Waals surface area contributed by atoms with Crippen LogP contribution in [0.2, 0.25) is 0 Å². The minimum atomic E-state index is -4.38. The Bertz CT molecular complexity index is 3380. The smallest absolute Gasteiger partial charge is 0.301 e. The summed E-state index contributed by atoms with van der Waals surface area (Å²) in [6, 6.07) is 18.7. The fourth-order valence-corrected chi connectivity index (χ4v) is 11.6. The molecular formula is C55H59F3N8O11S2. The Morgan fingerprint density at radius 1 is 0.899 bits per heavy atom. The zero-order valence-corrected chi connectivity index (χ0v) is 45.1. The lowest BCUT2D eigenvalue weighted by atomic mass is 9.99. The van der Waals surface area contributed by atoms with Crippen LogP contribution in [0.15, 0.2) is 95.2 Å². The fraction of sp³-hybridized carbons (Fsp3) is 0.382. The number of β-amino-alcohol motifs (C(OH)–C–C–N with tert-alkyl or cyclic N) is 1. The van der Waals surface area contributed by atoms with Gasteiger partial charge in [0.15, 0.2) is 5.82 Å². The standard InChI is InChI=1S/C55H59F3N8O11S2/c1-32-24-48(77-63-32)42(55(70)66-30-40(67)26-47(66)54(69)62-33(2)35-4-6-37(7-5-35)52-34(3)61-31-78-52)15-17-73-18-19-74-20-21-75-22-23-76-41-10-8-36(9-11-41)38-25-43-44(28-60-53(43)59-27-38)51(68)49-45(57)12-13-46(50(49)58)64-79(71,72)65-16-14-39(56)29-65/h4-13,24-25,27-28,31,33,39-40,42,47,64,67H,14-23,26,29-30H2,1-3H3,(H,59,60)(H,62,69)/t33?,39-,40-,42?,47+/m1/s1. The fourth-order valence-electron chi connectivity index (χ4n) is 9.47. The van der Waals surface area contributed by atoms with Gasteiger partial charge in [-0.1, -0.05) is 41.6 Å². The Balaban J connectivity index is 0.686. The maximum atomic E-state index is 15.7. The third kappa shape index (κ3) is 13.5. The highest BCUT2D eigenvalue weighted by Gasteiger charge is 2.43. The van der Waals surface area contributed by atoms with Crippen molar-refractivity contribution in [2.24, 2.45) is 0 Å². The number of carbonyl (C=O) groups excluding carboxylic acids is 3. The van der Waals surface area contributed by atoms with Crippen LogP contribution >= 0.6 is 11.3 Å². The van der Waals surface area contributed by atoms with Gasteiger partial charge in [0, 0.05) is 67.6 Å². The first kappa shape index (κ1) is 56.7. The zero-order valence-electron chi connectivity index (χ0n) is 43.5. The number of benzene rings is 3. The number of H-pyrrole nitrogens is 1. The Hall–Kier alpha value is -7.06. The van der Waals surface area contributed by atoms with Crippen molar-refractivity contribution in [1.29, 1.82) is 0 Å². The second-order valence-electron chi connectivity index (χ2n) is 19.2. The number of hydrogen-bond acceptors (Lipinski definition) is 15. The lowest BCUT2D eigenvalue weighted by molar-refractivity contribution is -0.140. The molecule has 2 fully saturated rings. The van der Waals surface area contributed by atoms with E-state index in [0.717, 1.165) is 38.1 Å². The minimum Gasteiger partial charge on any atom is -0.491 e. The molecule has 5 atom stereocenters. The predicted molar refractivity (Wildman–Crippen MR) is 286 cm³/mol. The number of nitrogens with zero attached hydrogens (tertiary/aromatic N) is 5. The number of rotatable bonds is 25. The number of aromatic nitrogens is 4. The van der Waals surface area contributed by atoms with Gasteiger partial charge in [-0.05, 0) is 80.6 Å². The van der Waals surface area contributed by atoms with Gasteiger partial charge in [0.2, 0.25) is 17.6 Å². The number of fused-ring (bicyclic) bond motifs is 1. The predicted octanol–water partition coefficient (Wildman–Crippen LogP) is 7.61. The van der Waals surface area contributed by atoms with E-state index >= 15 is 8.78 Å². The van der Waals surface area contributed by atoms with Crippen molar-refractivity contribution in [2.45, 2.75) is 70.3 Å². The molecule has 4 N–H and O–H groups in total. The largest absolute Gasteiger partial charge is 0.491 e. The number of ether oxygens (including phenoxy) is 4. The molecule has 6 heterocycles. The number of nitrogens with one attached hydrogen (secondary N) is 3. The van der Waals surface area contributed by atoms with Crippen LogP contribution < -0.4 is 14.8 Å². The number of alkyl halides is 1. The summed E-state index contributed by atoms with van der Waals surface area (Å²) in [5, 5.41) is 18.0. The highest BCUT2D eigenvalue weighted by atomic mass is 32.2. The second-order valence-corrected chi connectivity index (χ2v) is 21.7. The van der Waals surface area contributed by atoms with Crippen LogP contribution in [0.25, 0.3) is 32.6 Å². The molecule has 0 aliphatic carbocycles. The first-order chi connectivity index (χ1) is 38.0. The number of ketones is 1. The number of hydrogen-bond donors (Lipinski definition) is 4. The molecule has 2 saturated heterocycles. The molecule has 24 heteroatoms. The van der Waals surface area contributed by atoms with Crippen LogP contribution in [0.3, 0.4) is 0 Å². The topological polar surface area (TPSA) is 241 Å². The maximum absolute atomic E-state index is 15.7. The molecule has 0 spiro atoms. The quantitative estimate of drug-likeness (QED) is 0.0318. The average molecular weight is 1130 g/mol. The van der Waals surface area contributed by atoms with Crippen molar-refractivity contribution in [3.8, 4) is 27.3 Å². The van der Waals surface area contributed by atoms with Crippen molar-refractivity contribution in [1.82, 2.24) is 34.6 Å². The van der Waals surface area contributed by atoms with E-state index in [9.17, 15) is 32.3 Å². The molecule has 9 rings (SSSR count). The molecule has 3 aromatic carbocycles. The molecular weight excluding hydrogens is 1070 g/mol. The van der Waals surface area contributed by atoms with Crippen LogP contribution in [0.4, 0.5) is 18.9 Å². The van der Waals surface area contributed by atoms with Crippen LogP contribution in [-0.2, 0) is 34.0 Å². The Morgan fingerprint density at radius 3 is 2.28 bits per heavy atom. The number of aliphatic hydroxyl groups excluding tert-OH is 1. The van der Waals surface area contributed by atoms with Crippen LogP contribution in [0.5, 0.6) is 5.75 Å². The Kier molecular flexibility index (Phi) is 18.2. The van der Waals surface area contributed by atoms with E-state index < -0.39 is 69.7 Å². The third-order valence-electron chi connectivity index (χ3n) is 13.7. The number of aliphatic hydroxyl groups is 1. The molecule has 7 aromatic rings. The van der Waals surface area contributed by atoms with Gasteiger partial charge in [0.25, 0.3) is 0 Å². The minimum absolute atomic E-state index is 0.00427. The summed E-state index contributed by atoms with van der Waals surface area (Å²) in [5.41, 5.74) is 5.13. The Morgan fingerprint density at radius 2 is 1.61 bits per heavy atom. The molecule has 0 radical (unpaired) electrons. The van der Waals surface area contributed by atoms with Gasteiger partial charge < -0.3 is 43.8 Å². The third-order valence-corrected chi connectivity index (χ3v) is 16.1. The van der Waals surface area contributed by atoms with Crippen molar-refractivity contribution < 1.29 is 64.5 Å². The summed E-state index contributed by atoms with van der Waals surface area (Å²) in [6.07, 6.45) is 0.912. The molecule has 2 amide bonds. The lowest BCUT2D eigenvalue weighted by Gasteiger charge is -2.28. The monoisotopic (exact) mass is 1130 g/mol. The molecule has 19 nitrogen and oxygen atoms in total. The number of amides is 2. The molecule has 2 aliphatic rings. The number of anilines is 1. The Labute approximate surface area is 457 Å². The van der Waals surface area contributed by atoms with Crippen molar-refractivity contribution in [2.75, 3.05) is 70.6 Å². The molecule has 79 heavy (non-hydrogen) atoms. The number of aromatic amines is 1. The lowest BCUT2D eigenvalue weighted by Crippen LogP contribution is -2.48. The molecule has 0 bridgehead atoms. The van der Waals surface area contributed by atoms with Gasteiger partial charge in [-0.2, -0.15) is 12.7 Å². The van der Waals surface area contributed by atoms with Crippen LogP contribution in [0.1, 0.15) is 76.8 Å². The van der Waals surface area contributed by atoms with Crippen LogP contribution in [0, 0.1) is 25.5 Å². The summed E-state index contributed by atoms with van der Waals surface area (Å²) >= 11 is 1.56. The van der Waals surface area contributed by atoms with E-state index in [-0.39, 0.29) is 99.8 Å². The highest BCUT2D eigenvalue weighted by molar-refractivity contribution is 7.90. The van der Waals surface area contributed by atoms with Gasteiger partial charge in [0.05, 0.1) is 78.2 Å². The summed E-state index contributed by atoms with van der Waals surface area (Å²) in [4.78, 5) is 55.6. The summed E-state index contributed by atoms with van der Waals surface area (Å²) in [6.45, 7) is 6.85. The van der Waals surface area contributed by atoms with E-state index in [1.54, 1.807) is 60.9 Å². The van der Waals surface area contributed by atoms with E-state index in [4.69, 9.17) is 23.5 Å². The van der Waals surface area contributed by atoms with E-state index in [1.165, 1.54) is 11.1 Å². The summed E-state index contributed by atoms with van der Waals surface area (Å²) in [7, 11) is -4.38. The van der Waals surface area contributed by atoms with Gasteiger partial charge >= 0.3 is 10.2 Å². The first-order valence-corrected chi connectivity index (χ1v) is 28.0. The van der Waals surface area contributed by atoms with E-state index in [0.29, 0.717) is 41.5 Å². The number of likely N-dealkylation sites (tertiary alicyclic amines) is 1. The summed E-state index contributed by atoms with van der Waals surface area (Å²) in [5.74, 6) is -4.31. The summed E-state index contributed by atoms with van der Waals surface area (Å²) < 4.78 is 102. The normalized spacial score (nSPS) is 17.6. The van der Waals surface area contributed by atoms with Crippen LogP contribution in [-0.4, -0.2) is 145 Å². The van der Waals surface area contributed by atoms with E-state index in [2.05, 4.69) is 25.4 Å². The molecule has 418 valence electrons. The maximum Gasteiger partial charge on any atom is 0.301 e. The zero-order chi connectivity index (χ0) is 55.8. The number of thiazole rings is 1. The van der Waals surface area contributed by atoms with Crippen molar-refractivity contribution in [3.63, 3.8) is 0 Å². The number of halogens is 3. The van der Waals surface area contributed by atoms with Gasteiger partial charge in [-0.15, -0.1) is 11.3 Å². The van der Waals surface area contributed by atoms with E-state index in [1.807, 2.05) is 48.3 Å². The van der Waals surface area contributed by atoms with Crippen molar-refractivity contribution in [3.05, 3.63) is 136 Å². The average Bonchev–Trinajstić information content (AvgIpc) is 4.32. The molecule has 2 unspecified atom stereocenters. The number of aryl methyl sites for hydroxylation is 2.